The van der Waals surface area contributed by atoms with Crippen molar-refractivity contribution in [3.05, 3.63) is 18.7 Å². The standard InChI is InChI=1S/C24H46N3S2/c1-4-6-8-10-12-14-18-27(19-15-13-11-9-7-5-2)24(28)29-22-16-17-26-21-20-25(3)23-26/h20-21,23H,4-19,22H2,1-3H3/q+1. The topological polar surface area (TPSA) is 12.1 Å². The van der Waals surface area contributed by atoms with E-state index in [1.54, 1.807) is 0 Å². The summed E-state index contributed by atoms with van der Waals surface area (Å²) in [6.45, 7) is 7.95. The number of aromatic nitrogens is 2. The van der Waals surface area contributed by atoms with Gasteiger partial charge in [0.05, 0.1) is 13.6 Å². The molecule has 0 aliphatic rings. The Balaban J connectivity index is 2.27. The third-order valence-electron chi connectivity index (χ3n) is 5.43. The highest BCUT2D eigenvalue weighted by Gasteiger charge is 2.10. The van der Waals surface area contributed by atoms with Gasteiger partial charge in [0.2, 0.25) is 6.33 Å². The van der Waals surface area contributed by atoms with Gasteiger partial charge >= 0.3 is 0 Å². The molecule has 1 rings (SSSR count). The van der Waals surface area contributed by atoms with Gasteiger partial charge in [-0.05, 0) is 19.3 Å². The summed E-state index contributed by atoms with van der Waals surface area (Å²) in [7, 11) is 2.07. The van der Waals surface area contributed by atoms with Crippen molar-refractivity contribution in [3.8, 4) is 0 Å². The molecule has 0 unspecified atom stereocenters. The molecule has 0 atom stereocenters. The van der Waals surface area contributed by atoms with Crippen LogP contribution >= 0.6 is 24.0 Å². The van der Waals surface area contributed by atoms with Gasteiger partial charge in [0, 0.05) is 18.8 Å². The van der Waals surface area contributed by atoms with Crippen LogP contribution in [0.2, 0.25) is 0 Å². The van der Waals surface area contributed by atoms with E-state index in [4.69, 9.17) is 12.2 Å². The average molecular weight is 441 g/mol. The van der Waals surface area contributed by atoms with Crippen molar-refractivity contribution in [2.45, 2.75) is 104 Å². The molecule has 0 saturated carbocycles. The van der Waals surface area contributed by atoms with Crippen LogP contribution in [0.25, 0.3) is 0 Å². The van der Waals surface area contributed by atoms with E-state index >= 15 is 0 Å². The van der Waals surface area contributed by atoms with Gasteiger partial charge in [-0.3, -0.25) is 0 Å². The van der Waals surface area contributed by atoms with Gasteiger partial charge in [-0.2, -0.15) is 0 Å². The van der Waals surface area contributed by atoms with Crippen LogP contribution in [0.1, 0.15) is 97.3 Å². The van der Waals surface area contributed by atoms with Crippen LogP contribution in [0.15, 0.2) is 18.7 Å². The molecule has 0 aliphatic carbocycles. The average Bonchev–Trinajstić information content (AvgIpc) is 3.13. The first-order valence-corrected chi connectivity index (χ1v) is 13.5. The summed E-state index contributed by atoms with van der Waals surface area (Å²) < 4.78 is 5.49. The maximum Gasteiger partial charge on any atom is 0.243 e. The number of nitrogens with zero attached hydrogens (tertiary/aromatic N) is 3. The van der Waals surface area contributed by atoms with E-state index in [-0.39, 0.29) is 0 Å². The van der Waals surface area contributed by atoms with E-state index in [1.807, 2.05) is 11.8 Å². The second kappa shape index (κ2) is 18.2. The molecule has 0 bridgehead atoms. The van der Waals surface area contributed by atoms with Gasteiger partial charge in [-0.25, -0.2) is 9.13 Å². The Hall–Kier alpha value is -0.550. The van der Waals surface area contributed by atoms with Gasteiger partial charge in [0.15, 0.2) is 0 Å². The predicted octanol–water partition coefficient (Wildman–Crippen LogP) is 6.74. The van der Waals surface area contributed by atoms with E-state index in [0.717, 1.165) is 29.7 Å². The zero-order chi connectivity index (χ0) is 21.2. The summed E-state index contributed by atoms with van der Waals surface area (Å²) in [5.41, 5.74) is 0. The first-order valence-electron chi connectivity index (χ1n) is 12.1. The first kappa shape index (κ1) is 26.5. The van der Waals surface area contributed by atoms with Gasteiger partial charge in [0.1, 0.15) is 16.7 Å². The number of hydrogen-bond acceptors (Lipinski definition) is 2. The summed E-state index contributed by atoms with van der Waals surface area (Å²) in [6.07, 6.45) is 23.8. The Kier molecular flexibility index (Phi) is 16.7. The fraction of sp³-hybridized carbons (Fsp3) is 0.833. The number of imidazole rings is 1. The Morgan fingerprint density at radius 2 is 1.41 bits per heavy atom. The molecule has 1 aromatic heterocycles. The van der Waals surface area contributed by atoms with E-state index in [0.29, 0.717) is 0 Å². The lowest BCUT2D eigenvalue weighted by Gasteiger charge is -2.25. The molecule has 0 spiro atoms. The molecule has 0 N–H and O–H groups in total. The van der Waals surface area contributed by atoms with Gasteiger partial charge in [-0.1, -0.05) is 102 Å². The van der Waals surface area contributed by atoms with Crippen molar-refractivity contribution in [3.63, 3.8) is 0 Å². The minimum Gasteiger partial charge on any atom is -0.358 e. The van der Waals surface area contributed by atoms with Crippen molar-refractivity contribution >= 4 is 28.3 Å². The lowest BCUT2D eigenvalue weighted by Crippen LogP contribution is -2.30. The Labute approximate surface area is 190 Å². The van der Waals surface area contributed by atoms with Gasteiger partial charge in [0.25, 0.3) is 0 Å². The van der Waals surface area contributed by atoms with Crippen molar-refractivity contribution in [1.29, 1.82) is 0 Å². The highest BCUT2D eigenvalue weighted by Crippen LogP contribution is 2.15. The summed E-state index contributed by atoms with van der Waals surface area (Å²) in [4.78, 5) is 2.51. The SMILES string of the molecule is CCCCCCCCN(CCCCCCCC)C(=S)SCCCn1cc[n+](C)c1. The molecule has 0 amide bonds. The molecule has 1 aromatic rings. The fourth-order valence-electron chi connectivity index (χ4n) is 3.59. The highest BCUT2D eigenvalue weighted by atomic mass is 32.2. The number of thiocarbonyl (C=S) groups is 1. The summed E-state index contributed by atoms with van der Waals surface area (Å²) in [5.74, 6) is 1.12. The minimum atomic E-state index is 1.07. The van der Waals surface area contributed by atoms with Crippen LogP contribution in [0.3, 0.4) is 0 Å². The molecule has 0 aliphatic heterocycles. The molecule has 5 heteroatoms. The van der Waals surface area contributed by atoms with Crippen molar-refractivity contribution in [2.24, 2.45) is 7.05 Å². The molecule has 0 aromatic carbocycles. The normalized spacial score (nSPS) is 11.1. The number of hydrogen-bond donors (Lipinski definition) is 0. The number of aryl methyl sites for hydroxylation is 2. The molecule has 3 nitrogen and oxygen atoms in total. The molecule has 0 fully saturated rings. The van der Waals surface area contributed by atoms with Gasteiger partial charge in [-0.15, -0.1) is 0 Å². The summed E-state index contributed by atoms with van der Waals surface area (Å²) in [5, 5.41) is 0. The van der Waals surface area contributed by atoms with E-state index in [1.165, 1.54) is 83.5 Å². The molecule has 168 valence electrons. The van der Waals surface area contributed by atoms with Crippen molar-refractivity contribution in [1.82, 2.24) is 9.47 Å². The molecular weight excluding hydrogens is 394 g/mol. The van der Waals surface area contributed by atoms with Crippen molar-refractivity contribution in [2.75, 3.05) is 18.8 Å². The third-order valence-corrected chi connectivity index (χ3v) is 7.04. The van der Waals surface area contributed by atoms with E-state index in [2.05, 4.69) is 53.7 Å². The van der Waals surface area contributed by atoms with Gasteiger partial charge < -0.3 is 4.90 Å². The quantitative estimate of drug-likeness (QED) is 0.142. The van der Waals surface area contributed by atoms with E-state index in [9.17, 15) is 0 Å². The van der Waals surface area contributed by atoms with Crippen LogP contribution in [-0.2, 0) is 13.6 Å². The molecule has 1 heterocycles. The minimum absolute atomic E-state index is 1.07. The molecule has 29 heavy (non-hydrogen) atoms. The zero-order valence-electron chi connectivity index (χ0n) is 19.4. The Bertz CT molecular complexity index is 500. The monoisotopic (exact) mass is 440 g/mol. The second-order valence-electron chi connectivity index (χ2n) is 8.31. The lowest BCUT2D eigenvalue weighted by atomic mass is 10.1. The fourth-order valence-corrected chi connectivity index (χ4v) is 4.84. The maximum atomic E-state index is 5.83. The van der Waals surface area contributed by atoms with Crippen LogP contribution in [0.4, 0.5) is 0 Å². The summed E-state index contributed by atoms with van der Waals surface area (Å²) >= 11 is 7.72. The molecule has 0 saturated heterocycles. The molecule has 0 radical (unpaired) electrons. The van der Waals surface area contributed by atoms with Crippen LogP contribution < -0.4 is 4.57 Å². The Morgan fingerprint density at radius 1 is 0.862 bits per heavy atom. The predicted molar refractivity (Wildman–Crippen MR) is 134 cm³/mol. The number of rotatable bonds is 18. The van der Waals surface area contributed by atoms with Crippen LogP contribution in [0, 0.1) is 0 Å². The van der Waals surface area contributed by atoms with E-state index < -0.39 is 0 Å². The number of thioether (sulfide) groups is 1. The summed E-state index contributed by atoms with van der Waals surface area (Å²) in [6, 6.07) is 0. The van der Waals surface area contributed by atoms with Crippen LogP contribution in [0.5, 0.6) is 0 Å². The lowest BCUT2D eigenvalue weighted by molar-refractivity contribution is -0.671. The zero-order valence-corrected chi connectivity index (χ0v) is 21.0. The molecular formula is C24H46N3S2+. The highest BCUT2D eigenvalue weighted by molar-refractivity contribution is 8.22. The first-order chi connectivity index (χ1) is 14.2. The second-order valence-corrected chi connectivity index (χ2v) is 10.0. The Morgan fingerprint density at radius 3 is 1.93 bits per heavy atom. The largest absolute Gasteiger partial charge is 0.358 e. The van der Waals surface area contributed by atoms with Crippen molar-refractivity contribution < 1.29 is 4.57 Å². The maximum absolute atomic E-state index is 5.83. The third kappa shape index (κ3) is 14.1. The smallest absolute Gasteiger partial charge is 0.243 e. The number of unbranched alkanes of at least 4 members (excludes halogenated alkanes) is 10. The van der Waals surface area contributed by atoms with Crippen LogP contribution in [-0.4, -0.2) is 32.6 Å².